The highest BCUT2D eigenvalue weighted by molar-refractivity contribution is 5.70. The normalized spacial score (nSPS) is 10.4. The third-order valence-corrected chi connectivity index (χ3v) is 1.81. The average Bonchev–Trinajstić information content (AvgIpc) is 2.31. The van der Waals surface area contributed by atoms with Crippen LogP contribution in [0.25, 0.3) is 0 Å². The van der Waals surface area contributed by atoms with Crippen molar-refractivity contribution in [3.05, 3.63) is 17.2 Å². The Morgan fingerprint density at radius 3 is 2.69 bits per heavy atom. The van der Waals surface area contributed by atoms with Crippen LogP contribution in [0.15, 0.2) is 0 Å². The Hall–Kier alpha value is -1.39. The van der Waals surface area contributed by atoms with E-state index in [-0.39, 0.29) is 12.0 Å². The molecule has 0 unspecified atom stereocenters. The van der Waals surface area contributed by atoms with Crippen molar-refractivity contribution in [2.24, 2.45) is 0 Å². The highest BCUT2D eigenvalue weighted by Crippen LogP contribution is 2.12. The maximum atomic E-state index is 13.3. The minimum atomic E-state index is -1.04. The summed E-state index contributed by atoms with van der Waals surface area (Å²) in [5, 5.41) is 12.4. The van der Waals surface area contributed by atoms with Gasteiger partial charge >= 0.3 is 5.97 Å². The zero-order valence-electron chi connectivity index (χ0n) is 7.54. The van der Waals surface area contributed by atoms with Gasteiger partial charge in [0.25, 0.3) is 0 Å². The van der Waals surface area contributed by atoms with Crippen molar-refractivity contribution < 1.29 is 14.3 Å². The first-order valence-electron chi connectivity index (χ1n) is 3.99. The molecule has 1 aromatic rings. The molecule has 4 nitrogen and oxygen atoms in total. The van der Waals surface area contributed by atoms with Gasteiger partial charge in [-0.15, -0.1) is 0 Å². The van der Waals surface area contributed by atoms with Crippen molar-refractivity contribution in [2.75, 3.05) is 0 Å². The van der Waals surface area contributed by atoms with Crippen LogP contribution in [0.1, 0.15) is 18.2 Å². The number of hydrogen-bond donors (Lipinski definition) is 1. The van der Waals surface area contributed by atoms with Gasteiger partial charge in [-0.05, 0) is 13.8 Å². The van der Waals surface area contributed by atoms with Crippen molar-refractivity contribution in [3.8, 4) is 0 Å². The predicted molar refractivity (Wildman–Crippen MR) is 43.9 cm³/mol. The fourth-order valence-electron chi connectivity index (χ4n) is 1.15. The summed E-state index contributed by atoms with van der Waals surface area (Å²) in [6.45, 7) is 3.76. The van der Waals surface area contributed by atoms with E-state index in [4.69, 9.17) is 5.11 Å². The molecule has 72 valence electrons. The molecule has 0 aromatic carbocycles. The Balaban J connectivity index is 3.05. The number of carboxylic acid groups (broad SMARTS) is 1. The maximum absolute atomic E-state index is 13.3. The zero-order chi connectivity index (χ0) is 10.0. The van der Waals surface area contributed by atoms with Gasteiger partial charge in [-0.25, -0.2) is 4.68 Å². The van der Waals surface area contributed by atoms with Gasteiger partial charge in [-0.2, -0.15) is 9.49 Å². The van der Waals surface area contributed by atoms with E-state index in [1.165, 1.54) is 0 Å². The molecule has 1 heterocycles. The predicted octanol–water partition coefficient (Wildman–Crippen LogP) is 0.978. The largest absolute Gasteiger partial charge is 0.481 e. The molecular formula is C8H11FN2O2. The number of aliphatic carboxylic acids is 1. The van der Waals surface area contributed by atoms with E-state index < -0.39 is 11.9 Å². The summed E-state index contributed by atoms with van der Waals surface area (Å²) in [6, 6.07) is 0. The molecule has 0 aliphatic carbocycles. The Kier molecular flexibility index (Phi) is 2.65. The molecule has 1 aromatic heterocycles. The van der Waals surface area contributed by atoms with Crippen molar-refractivity contribution in [2.45, 2.75) is 26.8 Å². The third kappa shape index (κ3) is 1.85. The number of carboxylic acids is 1. The first-order chi connectivity index (χ1) is 6.06. The van der Waals surface area contributed by atoms with Gasteiger partial charge in [0.05, 0.1) is 12.1 Å². The van der Waals surface area contributed by atoms with E-state index in [9.17, 15) is 9.18 Å². The Morgan fingerprint density at radius 2 is 2.31 bits per heavy atom. The molecule has 1 N–H and O–H groups in total. The summed E-state index contributed by atoms with van der Waals surface area (Å²) in [5.74, 6) is -1.58. The standard InChI is InChI=1S/C8H11FN2O2/c1-3-11-8(9)6(4-7(12)13)5(2)10-11/h3-4H2,1-2H3,(H,12,13). The van der Waals surface area contributed by atoms with Crippen molar-refractivity contribution >= 4 is 5.97 Å². The van der Waals surface area contributed by atoms with Crippen LogP contribution in [0.2, 0.25) is 0 Å². The lowest BCUT2D eigenvalue weighted by Gasteiger charge is -1.95. The zero-order valence-corrected chi connectivity index (χ0v) is 7.54. The van der Waals surface area contributed by atoms with Crippen LogP contribution < -0.4 is 0 Å². The molecule has 0 spiro atoms. The Labute approximate surface area is 75.0 Å². The maximum Gasteiger partial charge on any atom is 0.308 e. The summed E-state index contributed by atoms with van der Waals surface area (Å²) < 4.78 is 14.5. The lowest BCUT2D eigenvalue weighted by molar-refractivity contribution is -0.136. The lowest BCUT2D eigenvalue weighted by Crippen LogP contribution is -2.04. The number of hydrogen-bond acceptors (Lipinski definition) is 2. The van der Waals surface area contributed by atoms with E-state index in [0.717, 1.165) is 4.68 Å². The second-order valence-electron chi connectivity index (χ2n) is 2.74. The van der Waals surface area contributed by atoms with Gasteiger partial charge in [-0.3, -0.25) is 4.79 Å². The van der Waals surface area contributed by atoms with Crippen molar-refractivity contribution in [3.63, 3.8) is 0 Å². The fourth-order valence-corrected chi connectivity index (χ4v) is 1.15. The molecule has 0 radical (unpaired) electrons. The molecule has 0 saturated heterocycles. The molecule has 0 fully saturated rings. The molecule has 1 rings (SSSR count). The van der Waals surface area contributed by atoms with E-state index in [2.05, 4.69) is 5.10 Å². The molecule has 13 heavy (non-hydrogen) atoms. The average molecular weight is 186 g/mol. The Bertz CT molecular complexity index is 333. The summed E-state index contributed by atoms with van der Waals surface area (Å²) in [6.07, 6.45) is -0.308. The van der Waals surface area contributed by atoms with Gasteiger partial charge in [0.1, 0.15) is 0 Å². The number of aromatic nitrogens is 2. The smallest absolute Gasteiger partial charge is 0.308 e. The van der Waals surface area contributed by atoms with Gasteiger partial charge < -0.3 is 5.11 Å². The Morgan fingerprint density at radius 1 is 1.69 bits per heavy atom. The minimum Gasteiger partial charge on any atom is -0.481 e. The number of aryl methyl sites for hydroxylation is 2. The van der Waals surface area contributed by atoms with Gasteiger partial charge in [0, 0.05) is 12.1 Å². The summed E-state index contributed by atoms with van der Waals surface area (Å²) in [7, 11) is 0. The quantitative estimate of drug-likeness (QED) is 0.765. The monoisotopic (exact) mass is 186 g/mol. The summed E-state index contributed by atoms with van der Waals surface area (Å²) in [4.78, 5) is 10.4. The molecular weight excluding hydrogens is 175 g/mol. The number of rotatable bonds is 3. The molecule has 0 aliphatic heterocycles. The summed E-state index contributed by atoms with van der Waals surface area (Å²) in [5.41, 5.74) is 0.621. The second kappa shape index (κ2) is 3.55. The van der Waals surface area contributed by atoms with Crippen LogP contribution in [-0.2, 0) is 17.8 Å². The van der Waals surface area contributed by atoms with Crippen LogP contribution in [0, 0.1) is 12.9 Å². The molecule has 0 bridgehead atoms. The molecule has 0 amide bonds. The molecule has 0 saturated carbocycles. The number of carbonyl (C=O) groups is 1. The molecule has 0 aliphatic rings. The molecule has 5 heteroatoms. The SMILES string of the molecule is CCn1nc(C)c(CC(=O)O)c1F. The van der Waals surface area contributed by atoms with E-state index in [1.807, 2.05) is 0 Å². The highest BCUT2D eigenvalue weighted by atomic mass is 19.1. The third-order valence-electron chi connectivity index (χ3n) is 1.81. The van der Waals surface area contributed by atoms with E-state index >= 15 is 0 Å². The highest BCUT2D eigenvalue weighted by Gasteiger charge is 2.16. The number of nitrogens with zero attached hydrogens (tertiary/aromatic N) is 2. The van der Waals surface area contributed by atoms with Gasteiger partial charge in [0.2, 0.25) is 5.95 Å². The van der Waals surface area contributed by atoms with Gasteiger partial charge in [-0.1, -0.05) is 0 Å². The molecule has 0 atom stereocenters. The second-order valence-corrected chi connectivity index (χ2v) is 2.74. The lowest BCUT2D eigenvalue weighted by atomic mass is 10.2. The first kappa shape index (κ1) is 9.70. The van der Waals surface area contributed by atoms with Crippen LogP contribution >= 0.6 is 0 Å². The van der Waals surface area contributed by atoms with E-state index in [0.29, 0.717) is 12.2 Å². The van der Waals surface area contributed by atoms with Crippen molar-refractivity contribution in [1.82, 2.24) is 9.78 Å². The van der Waals surface area contributed by atoms with E-state index in [1.54, 1.807) is 13.8 Å². The fraction of sp³-hybridized carbons (Fsp3) is 0.500. The van der Waals surface area contributed by atoms with Crippen molar-refractivity contribution in [1.29, 1.82) is 0 Å². The minimum absolute atomic E-state index is 0.175. The van der Waals surface area contributed by atoms with Crippen LogP contribution in [-0.4, -0.2) is 20.9 Å². The van der Waals surface area contributed by atoms with Crippen LogP contribution in [0.4, 0.5) is 4.39 Å². The number of halogens is 1. The van der Waals surface area contributed by atoms with Crippen LogP contribution in [0.5, 0.6) is 0 Å². The van der Waals surface area contributed by atoms with Crippen LogP contribution in [0.3, 0.4) is 0 Å². The summed E-state index contributed by atoms with van der Waals surface area (Å²) >= 11 is 0. The topological polar surface area (TPSA) is 55.1 Å². The van der Waals surface area contributed by atoms with Gasteiger partial charge in [0.15, 0.2) is 0 Å². The first-order valence-corrected chi connectivity index (χ1v) is 3.99.